The Morgan fingerprint density at radius 1 is 1.26 bits per heavy atom. The minimum absolute atomic E-state index is 0.0534. The van der Waals surface area contributed by atoms with Gasteiger partial charge in [-0.1, -0.05) is 32.0 Å². The van der Waals surface area contributed by atoms with Crippen LogP contribution in [0, 0.1) is 18.8 Å². The van der Waals surface area contributed by atoms with Crippen LogP contribution in [-0.2, 0) is 6.54 Å². The largest absolute Gasteiger partial charge is 0.496 e. The average Bonchev–Trinajstić information content (AvgIpc) is 2.73. The number of carbonyl (C=O) groups excluding carboxylic acids is 1. The predicted octanol–water partition coefficient (Wildman–Crippen LogP) is 3.39. The van der Waals surface area contributed by atoms with Gasteiger partial charge in [-0.3, -0.25) is 9.69 Å². The van der Waals surface area contributed by atoms with E-state index in [1.807, 2.05) is 24.0 Å². The molecule has 7 heteroatoms. The third-order valence-electron chi connectivity index (χ3n) is 5.74. The van der Waals surface area contributed by atoms with Gasteiger partial charge in [0.05, 0.1) is 7.11 Å². The minimum atomic E-state index is -0.0534. The van der Waals surface area contributed by atoms with Crippen molar-refractivity contribution in [1.29, 1.82) is 0 Å². The molecule has 7 nitrogen and oxygen atoms in total. The number of aryl methyl sites for hydroxylation is 1. The molecule has 1 aromatic carbocycles. The first-order chi connectivity index (χ1) is 14.9. The summed E-state index contributed by atoms with van der Waals surface area (Å²) in [6.07, 6.45) is 2.14. The lowest BCUT2D eigenvalue weighted by Crippen LogP contribution is -2.42. The number of hydrogen-bond acceptors (Lipinski definition) is 6. The fraction of sp³-hybridized carbons (Fsp3) is 0.542. The molecular formula is C24H35N5O2. The van der Waals surface area contributed by atoms with Gasteiger partial charge in [-0.2, -0.15) is 0 Å². The summed E-state index contributed by atoms with van der Waals surface area (Å²) < 4.78 is 5.49. The summed E-state index contributed by atoms with van der Waals surface area (Å²) in [5, 5.41) is 0. The molecule has 0 unspecified atom stereocenters. The number of carbonyl (C=O) groups is 1. The number of nitrogen functional groups attached to an aromatic ring is 1. The fourth-order valence-corrected chi connectivity index (χ4v) is 4.26. The van der Waals surface area contributed by atoms with Gasteiger partial charge < -0.3 is 15.4 Å². The molecule has 1 saturated heterocycles. The molecule has 0 spiro atoms. The molecular weight excluding hydrogens is 390 g/mol. The van der Waals surface area contributed by atoms with Crippen molar-refractivity contribution in [2.24, 2.45) is 11.8 Å². The van der Waals surface area contributed by atoms with Crippen LogP contribution in [-0.4, -0.2) is 59.0 Å². The molecule has 0 aliphatic carbocycles. The summed E-state index contributed by atoms with van der Waals surface area (Å²) in [5.41, 5.74) is 8.10. The Morgan fingerprint density at radius 2 is 1.97 bits per heavy atom. The van der Waals surface area contributed by atoms with E-state index in [4.69, 9.17) is 10.5 Å². The van der Waals surface area contributed by atoms with Crippen LogP contribution in [0.25, 0.3) is 0 Å². The number of amides is 1. The second-order valence-electron chi connectivity index (χ2n) is 8.89. The monoisotopic (exact) mass is 425 g/mol. The number of para-hydroxylation sites is 1. The Hall–Kier alpha value is -2.67. The van der Waals surface area contributed by atoms with Gasteiger partial charge in [-0.05, 0) is 56.8 Å². The SMILES string of the molecule is COc1ccccc1CN1CCC(CN(CC(C)C)C(=O)c2cc(C)nc(N)n2)CC1. The molecule has 0 bridgehead atoms. The van der Waals surface area contributed by atoms with E-state index in [0.717, 1.165) is 44.8 Å². The van der Waals surface area contributed by atoms with Crippen LogP contribution < -0.4 is 10.5 Å². The van der Waals surface area contributed by atoms with Crippen molar-refractivity contribution >= 4 is 11.9 Å². The molecule has 0 saturated carbocycles. The highest BCUT2D eigenvalue weighted by atomic mass is 16.5. The van der Waals surface area contributed by atoms with Gasteiger partial charge in [0.15, 0.2) is 0 Å². The molecule has 0 atom stereocenters. The third-order valence-corrected chi connectivity index (χ3v) is 5.74. The molecule has 1 amide bonds. The Kier molecular flexibility index (Phi) is 7.85. The van der Waals surface area contributed by atoms with Crippen molar-refractivity contribution in [1.82, 2.24) is 19.8 Å². The van der Waals surface area contributed by atoms with E-state index in [1.54, 1.807) is 13.2 Å². The van der Waals surface area contributed by atoms with Crippen molar-refractivity contribution in [3.63, 3.8) is 0 Å². The van der Waals surface area contributed by atoms with Crippen LogP contribution in [0.2, 0.25) is 0 Å². The van der Waals surface area contributed by atoms with Crippen LogP contribution in [0.1, 0.15) is 48.4 Å². The van der Waals surface area contributed by atoms with E-state index in [9.17, 15) is 4.79 Å². The van der Waals surface area contributed by atoms with Gasteiger partial charge in [-0.25, -0.2) is 9.97 Å². The lowest BCUT2D eigenvalue weighted by Gasteiger charge is -2.35. The Labute approximate surface area is 185 Å². The van der Waals surface area contributed by atoms with Crippen LogP contribution in [0.4, 0.5) is 5.95 Å². The van der Waals surface area contributed by atoms with Crippen molar-refractivity contribution in [2.45, 2.75) is 40.2 Å². The number of piperidine rings is 1. The molecule has 1 fully saturated rings. The van der Waals surface area contributed by atoms with Gasteiger partial charge in [0.1, 0.15) is 11.4 Å². The highest BCUT2D eigenvalue weighted by Crippen LogP contribution is 2.24. The average molecular weight is 426 g/mol. The van der Waals surface area contributed by atoms with Gasteiger partial charge in [0.25, 0.3) is 5.91 Å². The van der Waals surface area contributed by atoms with Crippen molar-refractivity contribution in [3.05, 3.63) is 47.3 Å². The first-order valence-corrected chi connectivity index (χ1v) is 11.1. The number of aromatic nitrogens is 2. The standard InChI is InChI=1S/C24H35N5O2/c1-17(2)14-29(23(30)21-13-18(3)26-24(25)27-21)15-19-9-11-28(12-10-19)16-20-7-5-6-8-22(20)31-4/h5-8,13,17,19H,9-12,14-16H2,1-4H3,(H2,25,26,27). The summed E-state index contributed by atoms with van der Waals surface area (Å²) in [7, 11) is 1.72. The summed E-state index contributed by atoms with van der Waals surface area (Å²) >= 11 is 0. The molecule has 1 aliphatic rings. The lowest BCUT2D eigenvalue weighted by molar-refractivity contribution is 0.0657. The summed E-state index contributed by atoms with van der Waals surface area (Å²) in [4.78, 5) is 25.9. The second kappa shape index (κ2) is 10.6. The predicted molar refractivity (Wildman–Crippen MR) is 123 cm³/mol. The zero-order valence-corrected chi connectivity index (χ0v) is 19.2. The Morgan fingerprint density at radius 3 is 2.61 bits per heavy atom. The molecule has 2 heterocycles. The number of hydrogen-bond donors (Lipinski definition) is 1. The zero-order valence-electron chi connectivity index (χ0n) is 19.2. The maximum atomic E-state index is 13.2. The van der Waals surface area contributed by atoms with Gasteiger partial charge >= 0.3 is 0 Å². The van der Waals surface area contributed by atoms with Crippen molar-refractivity contribution in [2.75, 3.05) is 39.0 Å². The lowest BCUT2D eigenvalue weighted by atomic mass is 9.95. The molecule has 0 radical (unpaired) electrons. The molecule has 2 N–H and O–H groups in total. The van der Waals surface area contributed by atoms with Crippen LogP contribution in [0.3, 0.4) is 0 Å². The smallest absolute Gasteiger partial charge is 0.272 e. The quantitative estimate of drug-likeness (QED) is 0.698. The first kappa shape index (κ1) is 23.0. The number of nitrogens with zero attached hydrogens (tertiary/aromatic N) is 4. The van der Waals surface area contributed by atoms with E-state index in [0.29, 0.717) is 29.8 Å². The minimum Gasteiger partial charge on any atom is -0.496 e. The Bertz CT molecular complexity index is 858. The van der Waals surface area contributed by atoms with Gasteiger partial charge in [0.2, 0.25) is 5.95 Å². The number of rotatable bonds is 8. The Balaban J connectivity index is 1.61. The van der Waals surface area contributed by atoms with Crippen molar-refractivity contribution in [3.8, 4) is 5.75 Å². The van der Waals surface area contributed by atoms with E-state index in [2.05, 4.69) is 40.8 Å². The molecule has 168 valence electrons. The highest BCUT2D eigenvalue weighted by molar-refractivity contribution is 5.92. The van der Waals surface area contributed by atoms with Crippen LogP contribution in [0.5, 0.6) is 5.75 Å². The third kappa shape index (κ3) is 6.40. The number of nitrogens with two attached hydrogens (primary N) is 1. The summed E-state index contributed by atoms with van der Waals surface area (Å²) in [6.45, 7) is 10.5. The number of anilines is 1. The van der Waals surface area contributed by atoms with Gasteiger partial charge in [-0.15, -0.1) is 0 Å². The fourth-order valence-electron chi connectivity index (χ4n) is 4.26. The molecule has 3 rings (SSSR count). The van der Waals surface area contributed by atoms with Crippen molar-refractivity contribution < 1.29 is 9.53 Å². The number of ether oxygens (including phenoxy) is 1. The van der Waals surface area contributed by atoms with E-state index in [-0.39, 0.29) is 11.9 Å². The second-order valence-corrected chi connectivity index (χ2v) is 8.89. The van der Waals surface area contributed by atoms with E-state index in [1.165, 1.54) is 5.56 Å². The van der Waals surface area contributed by atoms with E-state index >= 15 is 0 Å². The maximum absolute atomic E-state index is 13.2. The summed E-state index contributed by atoms with van der Waals surface area (Å²) in [6, 6.07) is 9.92. The van der Waals surface area contributed by atoms with E-state index < -0.39 is 0 Å². The zero-order chi connectivity index (χ0) is 22.4. The number of benzene rings is 1. The number of likely N-dealkylation sites (tertiary alicyclic amines) is 1. The summed E-state index contributed by atoms with van der Waals surface area (Å²) in [5.74, 6) is 1.91. The first-order valence-electron chi connectivity index (χ1n) is 11.1. The normalized spacial score (nSPS) is 15.3. The van der Waals surface area contributed by atoms with Crippen LogP contribution >= 0.6 is 0 Å². The molecule has 31 heavy (non-hydrogen) atoms. The molecule has 1 aromatic heterocycles. The highest BCUT2D eigenvalue weighted by Gasteiger charge is 2.26. The maximum Gasteiger partial charge on any atom is 0.272 e. The molecule has 1 aliphatic heterocycles. The van der Waals surface area contributed by atoms with Crippen LogP contribution in [0.15, 0.2) is 30.3 Å². The topological polar surface area (TPSA) is 84.6 Å². The van der Waals surface area contributed by atoms with Gasteiger partial charge in [0, 0.05) is 30.9 Å². The number of methoxy groups -OCH3 is 1. The molecule has 2 aromatic rings.